The normalized spacial score (nSPS) is 10.9. The van der Waals surface area contributed by atoms with E-state index >= 15 is 0 Å². The van der Waals surface area contributed by atoms with Gasteiger partial charge in [-0.2, -0.15) is 0 Å². The van der Waals surface area contributed by atoms with Gasteiger partial charge in [0.15, 0.2) is 11.5 Å². The molecule has 0 radical (unpaired) electrons. The van der Waals surface area contributed by atoms with Crippen molar-refractivity contribution in [3.05, 3.63) is 34.7 Å². The van der Waals surface area contributed by atoms with Crippen molar-refractivity contribution in [1.82, 2.24) is 14.6 Å². The molecule has 0 aliphatic heterocycles. The molecule has 0 fully saturated rings. The van der Waals surface area contributed by atoms with Gasteiger partial charge in [0.2, 0.25) is 5.88 Å². The van der Waals surface area contributed by atoms with E-state index in [-0.39, 0.29) is 0 Å². The number of hydrogen-bond donors (Lipinski definition) is 0. The molecular weight excluding hydrogens is 258 g/mol. The van der Waals surface area contributed by atoms with E-state index in [0.717, 1.165) is 20.7 Å². The van der Waals surface area contributed by atoms with E-state index < -0.39 is 0 Å². The van der Waals surface area contributed by atoms with Gasteiger partial charge in [0.05, 0.1) is 16.3 Å². The zero-order chi connectivity index (χ0) is 11.8. The first kappa shape index (κ1) is 10.6. The van der Waals surface area contributed by atoms with Crippen molar-refractivity contribution in [2.75, 3.05) is 7.11 Å². The van der Waals surface area contributed by atoms with E-state index in [9.17, 15) is 0 Å². The molecule has 0 unspecified atom stereocenters. The maximum Gasteiger partial charge on any atom is 0.200 e. The second kappa shape index (κ2) is 4.01. The summed E-state index contributed by atoms with van der Waals surface area (Å²) in [6.45, 7) is 0. The highest BCUT2D eigenvalue weighted by atomic mass is 35.5. The number of pyridine rings is 1. The van der Waals surface area contributed by atoms with E-state index in [1.807, 2.05) is 34.7 Å². The molecule has 3 heterocycles. The number of thiophene rings is 1. The topological polar surface area (TPSA) is 39.4 Å². The fourth-order valence-corrected chi connectivity index (χ4v) is 2.68. The third-order valence-electron chi connectivity index (χ3n) is 2.40. The summed E-state index contributed by atoms with van der Waals surface area (Å²) in [5.41, 5.74) is 0.754. The molecule has 0 saturated carbocycles. The summed E-state index contributed by atoms with van der Waals surface area (Å²) in [4.78, 5) is 0.965. The molecule has 0 atom stereocenters. The van der Waals surface area contributed by atoms with E-state index in [1.165, 1.54) is 11.3 Å². The van der Waals surface area contributed by atoms with Crippen molar-refractivity contribution in [1.29, 1.82) is 0 Å². The van der Waals surface area contributed by atoms with Crippen LogP contribution in [-0.2, 0) is 0 Å². The molecule has 4 nitrogen and oxygen atoms in total. The molecule has 3 aromatic heterocycles. The van der Waals surface area contributed by atoms with Gasteiger partial charge in [-0.3, -0.25) is 0 Å². The summed E-state index contributed by atoms with van der Waals surface area (Å²) in [6, 6.07) is 9.41. The highest BCUT2D eigenvalue weighted by Crippen LogP contribution is 2.31. The Labute approximate surface area is 106 Å². The first-order valence-electron chi connectivity index (χ1n) is 4.93. The molecule has 86 valence electrons. The minimum absolute atomic E-state index is 0.701. The lowest BCUT2D eigenvalue weighted by Crippen LogP contribution is -1.94. The van der Waals surface area contributed by atoms with E-state index in [4.69, 9.17) is 16.3 Å². The lowest BCUT2D eigenvalue weighted by molar-refractivity contribution is 0.393. The van der Waals surface area contributed by atoms with Crippen LogP contribution in [0.25, 0.3) is 16.3 Å². The second-order valence-corrected chi connectivity index (χ2v) is 5.10. The molecule has 17 heavy (non-hydrogen) atoms. The predicted octanol–water partition coefficient (Wildman–Crippen LogP) is 3.12. The number of rotatable bonds is 2. The molecule has 3 aromatic rings. The summed E-state index contributed by atoms with van der Waals surface area (Å²) in [7, 11) is 1.62. The van der Waals surface area contributed by atoms with Crippen LogP contribution < -0.4 is 4.74 Å². The molecule has 0 aromatic carbocycles. The second-order valence-electron chi connectivity index (χ2n) is 3.39. The van der Waals surface area contributed by atoms with Crippen LogP contribution in [0.3, 0.4) is 0 Å². The van der Waals surface area contributed by atoms with Crippen LogP contribution in [0.15, 0.2) is 30.3 Å². The predicted molar refractivity (Wildman–Crippen MR) is 67.9 cm³/mol. The Morgan fingerprint density at radius 1 is 1.24 bits per heavy atom. The third kappa shape index (κ3) is 1.67. The largest absolute Gasteiger partial charge is 0.482 e. The van der Waals surface area contributed by atoms with E-state index in [2.05, 4.69) is 10.2 Å². The van der Waals surface area contributed by atoms with Crippen LogP contribution in [0.4, 0.5) is 0 Å². The monoisotopic (exact) mass is 265 g/mol. The standard InChI is InChI=1S/C11H8ClN3OS/c1-16-10-4-2-3-9-13-14-11(15(9)10)7-5-6-8(12)17-7/h2-6H,1H3. The Balaban J connectivity index is 2.30. The first-order valence-corrected chi connectivity index (χ1v) is 6.13. The Morgan fingerprint density at radius 3 is 2.82 bits per heavy atom. The van der Waals surface area contributed by atoms with Gasteiger partial charge in [-0.05, 0) is 24.3 Å². The van der Waals surface area contributed by atoms with Gasteiger partial charge in [-0.1, -0.05) is 17.7 Å². The van der Waals surface area contributed by atoms with Crippen molar-refractivity contribution in [3.63, 3.8) is 0 Å². The highest BCUT2D eigenvalue weighted by Gasteiger charge is 2.13. The quantitative estimate of drug-likeness (QED) is 0.715. The smallest absolute Gasteiger partial charge is 0.200 e. The number of hydrogen-bond acceptors (Lipinski definition) is 4. The van der Waals surface area contributed by atoms with Crippen molar-refractivity contribution >= 4 is 28.6 Å². The zero-order valence-corrected chi connectivity index (χ0v) is 10.5. The number of methoxy groups -OCH3 is 1. The molecule has 0 N–H and O–H groups in total. The van der Waals surface area contributed by atoms with Gasteiger partial charge < -0.3 is 4.74 Å². The van der Waals surface area contributed by atoms with Crippen LogP contribution in [0.5, 0.6) is 5.88 Å². The molecule has 0 aliphatic carbocycles. The van der Waals surface area contributed by atoms with Crippen molar-refractivity contribution in [3.8, 4) is 16.6 Å². The third-order valence-corrected chi connectivity index (χ3v) is 3.62. The van der Waals surface area contributed by atoms with Gasteiger partial charge in [-0.15, -0.1) is 21.5 Å². The van der Waals surface area contributed by atoms with Gasteiger partial charge >= 0.3 is 0 Å². The fraction of sp³-hybridized carbons (Fsp3) is 0.0909. The minimum Gasteiger partial charge on any atom is -0.482 e. The van der Waals surface area contributed by atoms with Crippen LogP contribution in [0.1, 0.15) is 0 Å². The maximum atomic E-state index is 5.93. The Kier molecular flexibility index (Phi) is 2.49. The lowest BCUT2D eigenvalue weighted by Gasteiger charge is -2.04. The summed E-state index contributed by atoms with van der Waals surface area (Å²) in [5.74, 6) is 1.45. The number of aromatic nitrogens is 3. The van der Waals surface area contributed by atoms with Crippen LogP contribution in [0.2, 0.25) is 4.34 Å². The van der Waals surface area contributed by atoms with Crippen molar-refractivity contribution < 1.29 is 4.74 Å². The SMILES string of the molecule is COc1cccc2nnc(-c3ccc(Cl)s3)n12. The molecule has 6 heteroatoms. The molecule has 0 aliphatic rings. The Morgan fingerprint density at radius 2 is 2.12 bits per heavy atom. The molecular formula is C11H8ClN3OS. The maximum absolute atomic E-state index is 5.93. The van der Waals surface area contributed by atoms with Crippen molar-refractivity contribution in [2.24, 2.45) is 0 Å². The highest BCUT2D eigenvalue weighted by molar-refractivity contribution is 7.19. The fourth-order valence-electron chi connectivity index (χ4n) is 1.67. The first-order chi connectivity index (χ1) is 8.29. The molecule has 3 rings (SSSR count). The molecule has 0 spiro atoms. The number of halogens is 1. The van der Waals surface area contributed by atoms with Gasteiger partial charge in [0.25, 0.3) is 0 Å². The Bertz CT molecular complexity index is 676. The number of fused-ring (bicyclic) bond motifs is 1. The van der Waals surface area contributed by atoms with Gasteiger partial charge in [0.1, 0.15) is 0 Å². The summed E-state index contributed by atoms with van der Waals surface area (Å²) in [6.07, 6.45) is 0. The average molecular weight is 266 g/mol. The Hall–Kier alpha value is -1.59. The molecule has 0 saturated heterocycles. The summed E-state index contributed by atoms with van der Waals surface area (Å²) >= 11 is 7.40. The van der Waals surface area contributed by atoms with Crippen LogP contribution in [0, 0.1) is 0 Å². The summed E-state index contributed by atoms with van der Waals surface area (Å²) < 4.78 is 7.90. The van der Waals surface area contributed by atoms with Crippen LogP contribution in [-0.4, -0.2) is 21.7 Å². The average Bonchev–Trinajstić information content (AvgIpc) is 2.94. The molecule has 0 amide bonds. The summed E-state index contributed by atoms with van der Waals surface area (Å²) in [5, 5.41) is 8.28. The van der Waals surface area contributed by atoms with Crippen LogP contribution >= 0.6 is 22.9 Å². The minimum atomic E-state index is 0.701. The van der Waals surface area contributed by atoms with Gasteiger partial charge in [0, 0.05) is 0 Å². The molecule has 0 bridgehead atoms. The van der Waals surface area contributed by atoms with Gasteiger partial charge in [-0.25, -0.2) is 4.40 Å². The number of ether oxygens (including phenoxy) is 1. The van der Waals surface area contributed by atoms with Crippen molar-refractivity contribution in [2.45, 2.75) is 0 Å². The zero-order valence-electron chi connectivity index (χ0n) is 8.92. The van der Waals surface area contributed by atoms with E-state index in [0.29, 0.717) is 5.88 Å². The van der Waals surface area contributed by atoms with E-state index in [1.54, 1.807) is 7.11 Å². The lowest BCUT2D eigenvalue weighted by atomic mass is 10.4. The number of nitrogens with zero attached hydrogens (tertiary/aromatic N) is 3.